The summed E-state index contributed by atoms with van der Waals surface area (Å²) in [6.45, 7) is 1.74. The largest absolute Gasteiger partial charge is 0.465 e. The Hall–Kier alpha value is -3.09. The molecule has 6 nitrogen and oxygen atoms in total. The van der Waals surface area contributed by atoms with Crippen molar-refractivity contribution in [1.82, 2.24) is 9.80 Å². The number of amides is 2. The number of carbonyl (C=O) groups is 2. The fourth-order valence-corrected chi connectivity index (χ4v) is 6.49. The van der Waals surface area contributed by atoms with E-state index in [4.69, 9.17) is 11.6 Å². The van der Waals surface area contributed by atoms with Crippen molar-refractivity contribution >= 4 is 40.1 Å². The SMILES string of the molecule is CN(C(=O)O)C1(Cl)C(=O)N(C2CCN(C3Cc4cccc5cccc3c45)CC2)c2ccccc21. The van der Waals surface area contributed by atoms with E-state index < -0.39 is 11.1 Å². The van der Waals surface area contributed by atoms with E-state index in [2.05, 4.69) is 41.3 Å². The molecule has 2 amide bonds. The molecule has 0 spiro atoms. The average Bonchev–Trinajstić information content (AvgIpc) is 3.34. The monoisotopic (exact) mass is 475 g/mol. The summed E-state index contributed by atoms with van der Waals surface area (Å²) in [5.41, 5.74) is 4.06. The topological polar surface area (TPSA) is 64.1 Å². The Balaban J connectivity index is 1.25. The van der Waals surface area contributed by atoms with Gasteiger partial charge in [-0.25, -0.2) is 4.79 Å². The Labute approximate surface area is 203 Å². The van der Waals surface area contributed by atoms with Gasteiger partial charge >= 0.3 is 6.09 Å². The van der Waals surface area contributed by atoms with Crippen LogP contribution >= 0.6 is 11.6 Å². The van der Waals surface area contributed by atoms with E-state index >= 15 is 0 Å². The number of benzene rings is 3. The van der Waals surface area contributed by atoms with Crippen molar-refractivity contribution < 1.29 is 14.7 Å². The lowest BCUT2D eigenvalue weighted by atomic mass is 9.98. The number of carbonyl (C=O) groups excluding carboxylic acids is 1. The van der Waals surface area contributed by atoms with Crippen LogP contribution in [0, 0.1) is 0 Å². The maximum atomic E-state index is 13.6. The van der Waals surface area contributed by atoms with Gasteiger partial charge in [-0.05, 0) is 47.2 Å². The Morgan fingerprint density at radius 1 is 1.06 bits per heavy atom. The lowest BCUT2D eigenvalue weighted by Gasteiger charge is -2.40. The number of anilines is 1. The second-order valence-electron chi connectivity index (χ2n) is 9.51. The summed E-state index contributed by atoms with van der Waals surface area (Å²) in [5.74, 6) is -0.378. The smallest absolute Gasteiger partial charge is 0.409 e. The highest BCUT2D eigenvalue weighted by molar-refractivity contribution is 6.39. The highest BCUT2D eigenvalue weighted by Gasteiger charge is 2.56. The van der Waals surface area contributed by atoms with E-state index in [1.54, 1.807) is 17.0 Å². The molecule has 0 aromatic heterocycles. The number of para-hydroxylation sites is 1. The number of hydrogen-bond donors (Lipinski definition) is 1. The predicted octanol–water partition coefficient (Wildman–Crippen LogP) is 4.95. The van der Waals surface area contributed by atoms with E-state index in [0.717, 1.165) is 37.3 Å². The summed E-state index contributed by atoms with van der Waals surface area (Å²) in [4.78, 5) is 28.8. The number of likely N-dealkylation sites (tertiary alicyclic amines) is 1. The van der Waals surface area contributed by atoms with Crippen molar-refractivity contribution in [3.05, 3.63) is 77.4 Å². The fourth-order valence-electron chi connectivity index (χ4n) is 6.16. The van der Waals surface area contributed by atoms with Gasteiger partial charge in [-0.3, -0.25) is 14.6 Å². The zero-order valence-corrected chi connectivity index (χ0v) is 19.7. The van der Waals surface area contributed by atoms with Gasteiger partial charge in [-0.15, -0.1) is 0 Å². The molecule has 7 heteroatoms. The average molecular weight is 476 g/mol. The second kappa shape index (κ2) is 7.72. The minimum Gasteiger partial charge on any atom is -0.465 e. The van der Waals surface area contributed by atoms with Crippen LogP contribution in [0.1, 0.15) is 35.6 Å². The van der Waals surface area contributed by atoms with Gasteiger partial charge in [0, 0.05) is 37.8 Å². The molecule has 6 rings (SSSR count). The first-order chi connectivity index (χ1) is 16.4. The van der Waals surface area contributed by atoms with Gasteiger partial charge in [0.1, 0.15) is 0 Å². The summed E-state index contributed by atoms with van der Waals surface area (Å²) >= 11 is 6.78. The van der Waals surface area contributed by atoms with Crippen molar-refractivity contribution in [3.63, 3.8) is 0 Å². The van der Waals surface area contributed by atoms with Gasteiger partial charge in [0.2, 0.25) is 5.00 Å². The maximum absolute atomic E-state index is 13.6. The van der Waals surface area contributed by atoms with E-state index in [1.165, 1.54) is 28.9 Å². The third-order valence-corrected chi connectivity index (χ3v) is 8.49. The minimum atomic E-state index is -1.73. The zero-order valence-electron chi connectivity index (χ0n) is 18.9. The number of nitrogens with zero attached hydrogens (tertiary/aromatic N) is 3. The number of alkyl halides is 1. The molecule has 1 aliphatic carbocycles. The predicted molar refractivity (Wildman–Crippen MR) is 132 cm³/mol. The molecule has 174 valence electrons. The van der Waals surface area contributed by atoms with Crippen molar-refractivity contribution in [2.24, 2.45) is 0 Å². The molecular weight excluding hydrogens is 450 g/mol. The van der Waals surface area contributed by atoms with Crippen LogP contribution in [0.4, 0.5) is 10.5 Å². The molecule has 1 fully saturated rings. The second-order valence-corrected chi connectivity index (χ2v) is 10.1. The van der Waals surface area contributed by atoms with Crippen LogP contribution in [0.25, 0.3) is 10.8 Å². The third-order valence-electron chi connectivity index (χ3n) is 7.87. The van der Waals surface area contributed by atoms with Crippen LogP contribution in [-0.2, 0) is 16.2 Å². The minimum absolute atomic E-state index is 0.0210. The summed E-state index contributed by atoms with van der Waals surface area (Å²) < 4.78 is 0. The van der Waals surface area contributed by atoms with E-state index in [1.807, 2.05) is 12.1 Å². The van der Waals surface area contributed by atoms with Crippen LogP contribution in [0.5, 0.6) is 0 Å². The lowest BCUT2D eigenvalue weighted by Crippen LogP contribution is -2.53. The van der Waals surface area contributed by atoms with Gasteiger partial charge in [0.15, 0.2) is 0 Å². The molecule has 1 N–H and O–H groups in total. The Bertz CT molecular complexity index is 1310. The van der Waals surface area contributed by atoms with Gasteiger partial charge in [-0.1, -0.05) is 66.2 Å². The molecule has 2 unspecified atom stereocenters. The van der Waals surface area contributed by atoms with Crippen molar-refractivity contribution in [3.8, 4) is 0 Å². The van der Waals surface area contributed by atoms with Crippen LogP contribution < -0.4 is 4.90 Å². The number of rotatable bonds is 3. The first kappa shape index (κ1) is 21.4. The van der Waals surface area contributed by atoms with Crippen LogP contribution in [0.2, 0.25) is 0 Å². The molecule has 3 aromatic rings. The third kappa shape index (κ3) is 2.91. The zero-order chi connectivity index (χ0) is 23.6. The molecule has 2 heterocycles. The molecule has 34 heavy (non-hydrogen) atoms. The Morgan fingerprint density at radius 3 is 2.50 bits per heavy atom. The number of carboxylic acid groups (broad SMARTS) is 1. The van der Waals surface area contributed by atoms with Crippen molar-refractivity contribution in [2.75, 3.05) is 25.0 Å². The van der Waals surface area contributed by atoms with E-state index in [0.29, 0.717) is 17.3 Å². The van der Waals surface area contributed by atoms with Gasteiger partial charge in [0.05, 0.1) is 5.69 Å². The van der Waals surface area contributed by atoms with Crippen molar-refractivity contribution in [1.29, 1.82) is 0 Å². The first-order valence-corrected chi connectivity index (χ1v) is 12.1. The van der Waals surface area contributed by atoms with Gasteiger partial charge < -0.3 is 10.0 Å². The summed E-state index contributed by atoms with van der Waals surface area (Å²) in [7, 11) is 1.36. The van der Waals surface area contributed by atoms with Crippen LogP contribution in [0.3, 0.4) is 0 Å². The molecule has 3 aliphatic rings. The summed E-state index contributed by atoms with van der Waals surface area (Å²) in [6.07, 6.45) is 1.41. The highest BCUT2D eigenvalue weighted by Crippen LogP contribution is 2.49. The molecule has 2 atom stereocenters. The first-order valence-electron chi connectivity index (χ1n) is 11.7. The van der Waals surface area contributed by atoms with Crippen LogP contribution in [-0.4, -0.2) is 53.1 Å². The van der Waals surface area contributed by atoms with Gasteiger partial charge in [0.25, 0.3) is 5.91 Å². The number of hydrogen-bond acceptors (Lipinski definition) is 3. The molecule has 2 aliphatic heterocycles. The van der Waals surface area contributed by atoms with Gasteiger partial charge in [-0.2, -0.15) is 0 Å². The lowest BCUT2D eigenvalue weighted by molar-refractivity contribution is -0.124. The number of halogens is 1. The fraction of sp³-hybridized carbons (Fsp3) is 0.333. The normalized spacial score (nSPS) is 24.6. The molecule has 3 aromatic carbocycles. The number of fused-ring (bicyclic) bond motifs is 1. The Kier molecular flexibility index (Phi) is 4.87. The maximum Gasteiger partial charge on any atom is 0.409 e. The van der Waals surface area contributed by atoms with E-state index in [-0.39, 0.29) is 11.9 Å². The number of piperidine rings is 1. The quantitative estimate of drug-likeness (QED) is 0.430. The summed E-state index contributed by atoms with van der Waals surface area (Å²) in [5, 5.41) is 12.3. The Morgan fingerprint density at radius 2 is 1.76 bits per heavy atom. The molecule has 0 bridgehead atoms. The highest BCUT2D eigenvalue weighted by atomic mass is 35.5. The van der Waals surface area contributed by atoms with Crippen LogP contribution in [0.15, 0.2) is 60.7 Å². The van der Waals surface area contributed by atoms with Crippen molar-refractivity contribution in [2.45, 2.75) is 36.3 Å². The number of likely N-dealkylation sites (N-methyl/N-ethyl adjacent to an activating group) is 1. The molecular formula is C27H26ClN3O3. The molecule has 0 saturated carbocycles. The molecule has 0 radical (unpaired) electrons. The summed E-state index contributed by atoms with van der Waals surface area (Å²) in [6, 6.07) is 20.7. The molecule has 1 saturated heterocycles. The van der Waals surface area contributed by atoms with E-state index in [9.17, 15) is 14.7 Å². The standard InChI is InChI=1S/C27H26ClN3O3/c1-29(26(33)34)27(28)21-10-2-3-11-22(21)31(25(27)32)19-12-14-30(15-13-19)23-16-18-8-4-6-17-7-5-9-20(23)24(17)18/h2-11,19,23H,12-16H2,1H3,(H,33,34).